The van der Waals surface area contributed by atoms with Crippen LogP contribution in [0, 0.1) is 0 Å². The van der Waals surface area contributed by atoms with Crippen LogP contribution in [0.3, 0.4) is 0 Å². The summed E-state index contributed by atoms with van der Waals surface area (Å²) in [7, 11) is 0. The number of carbonyl (C=O) groups is 6. The molecule has 0 heterocycles. The molecular weight excluding hydrogens is 936 g/mol. The summed E-state index contributed by atoms with van der Waals surface area (Å²) in [6, 6.07) is 0. The van der Waals surface area contributed by atoms with Gasteiger partial charge in [-0.25, -0.2) is 0 Å². The van der Waals surface area contributed by atoms with Gasteiger partial charge in [0.05, 0.1) is 0 Å². The zero-order chi connectivity index (χ0) is 55.4. The molecule has 0 bridgehead atoms. The number of carboxylic acid groups (broad SMARTS) is 6. The van der Waals surface area contributed by atoms with Gasteiger partial charge in [0.1, 0.15) is 0 Å². The first-order valence-corrected chi connectivity index (χ1v) is 29.9. The molecule has 73 heavy (non-hydrogen) atoms. The molecule has 434 valence electrons. The molecule has 0 atom stereocenters. The van der Waals surface area contributed by atoms with Crippen LogP contribution in [0.1, 0.15) is 350 Å². The van der Waals surface area contributed by atoms with E-state index in [4.69, 9.17) is 30.6 Å². The Balaban J connectivity index is -0.000000143. The van der Waals surface area contributed by atoms with E-state index in [1.807, 2.05) is 0 Å². The molecule has 0 unspecified atom stereocenters. The average Bonchev–Trinajstić information content (AvgIpc) is 3.33. The van der Waals surface area contributed by atoms with E-state index in [1.165, 1.54) is 193 Å². The van der Waals surface area contributed by atoms with Crippen LogP contribution in [0.4, 0.5) is 0 Å². The Morgan fingerprint density at radius 2 is 0.260 bits per heavy atom. The molecule has 0 aliphatic carbocycles. The number of hydrogen-bond donors (Lipinski definition) is 6. The topological polar surface area (TPSA) is 224 Å². The van der Waals surface area contributed by atoms with Gasteiger partial charge >= 0.3 is 65.4 Å². The summed E-state index contributed by atoms with van der Waals surface area (Å²) in [6.45, 7) is 13.2. The van der Waals surface area contributed by atoms with Crippen LogP contribution in [-0.4, -0.2) is 96.0 Å². The summed E-state index contributed by atoms with van der Waals surface area (Å²) in [4.78, 5) is 60.8. The van der Waals surface area contributed by atoms with E-state index < -0.39 is 35.8 Å². The molecule has 0 fully saturated rings. The summed E-state index contributed by atoms with van der Waals surface area (Å²) in [6.07, 6.45) is 51.9. The maximum atomic E-state index is 10.1. The molecule has 13 heteroatoms. The molecule has 0 aromatic rings. The van der Waals surface area contributed by atoms with Crippen LogP contribution in [0.25, 0.3) is 0 Å². The van der Waals surface area contributed by atoms with E-state index in [2.05, 4.69) is 41.5 Å². The molecule has 12 nitrogen and oxygen atoms in total. The minimum atomic E-state index is -0.663. The summed E-state index contributed by atoms with van der Waals surface area (Å²) in [5.74, 6) is -3.98. The molecule has 0 aromatic heterocycles. The van der Waals surface area contributed by atoms with Crippen molar-refractivity contribution in [3.8, 4) is 0 Å². The Morgan fingerprint density at radius 1 is 0.178 bits per heavy atom. The number of carboxylic acids is 6. The first kappa shape index (κ1) is 84.8. The number of unbranched alkanes of at least 4 members (excludes halogenated alkanes) is 36. The Labute approximate surface area is 471 Å². The molecule has 0 saturated carbocycles. The van der Waals surface area contributed by atoms with Gasteiger partial charge in [0.25, 0.3) is 0 Å². The van der Waals surface area contributed by atoms with Crippen LogP contribution >= 0.6 is 0 Å². The molecule has 6 N–H and O–H groups in total. The van der Waals surface area contributed by atoms with Crippen LogP contribution in [0.15, 0.2) is 0 Å². The van der Waals surface area contributed by atoms with E-state index in [0.29, 0.717) is 38.5 Å². The summed E-state index contributed by atoms with van der Waals surface area (Å²) in [5.41, 5.74) is 0. The molecule has 0 aliphatic rings. The first-order chi connectivity index (χ1) is 34.6. The Hall–Kier alpha value is -2.18. The van der Waals surface area contributed by atoms with E-state index in [1.54, 1.807) is 0 Å². The fraction of sp³-hybridized carbons (Fsp3) is 0.900. The number of aliphatic carboxylic acids is 6. The molecule has 0 radical (unpaired) electrons. The quantitative estimate of drug-likeness (QED) is 0.0247. The Kier molecular flexibility index (Phi) is 94.3. The van der Waals surface area contributed by atoms with E-state index in [0.717, 1.165) is 77.0 Å². The first-order valence-electron chi connectivity index (χ1n) is 29.9. The predicted molar refractivity (Wildman–Crippen MR) is 309 cm³/mol. The van der Waals surface area contributed by atoms with Gasteiger partial charge in [-0.1, -0.05) is 273 Å². The number of hydrogen-bond acceptors (Lipinski definition) is 6. The van der Waals surface area contributed by atoms with Crippen molar-refractivity contribution < 1.29 is 59.4 Å². The van der Waals surface area contributed by atoms with Crippen molar-refractivity contribution in [3.05, 3.63) is 0 Å². The molecule has 0 spiro atoms. The molecule has 0 rings (SSSR count). The second kappa shape index (κ2) is 81.2. The van der Waals surface area contributed by atoms with Gasteiger partial charge in [-0.15, -0.1) is 0 Å². The second-order valence-electron chi connectivity index (χ2n) is 19.6. The van der Waals surface area contributed by atoms with Gasteiger partial charge in [-0.2, -0.15) is 0 Å². The monoisotopic (exact) mass is 1060 g/mol. The van der Waals surface area contributed by atoms with E-state index in [-0.39, 0.29) is 29.6 Å². The summed E-state index contributed by atoms with van der Waals surface area (Å²) in [5, 5.41) is 50.1. The third kappa shape index (κ3) is 120. The molecule has 0 saturated heterocycles. The van der Waals surface area contributed by atoms with Crippen molar-refractivity contribution in [3.63, 3.8) is 0 Å². The van der Waals surface area contributed by atoms with E-state index in [9.17, 15) is 28.8 Å². The summed E-state index contributed by atoms with van der Waals surface area (Å²) < 4.78 is 0. The normalized spacial score (nSPS) is 9.95. The molecule has 0 amide bonds. The van der Waals surface area contributed by atoms with Gasteiger partial charge < -0.3 is 30.6 Å². The molecular formula is C60H121NaO12. The third-order valence-electron chi connectivity index (χ3n) is 12.0. The standard InChI is InChI=1S/6C10H20O2.Na.H/c6*1-2-3-4-5-6-7-8-9-10(11)12;;/h6*2-9H2,1H3,(H,11,12);;. The van der Waals surface area contributed by atoms with Crippen molar-refractivity contribution in [2.75, 3.05) is 0 Å². The van der Waals surface area contributed by atoms with Gasteiger partial charge in [0.15, 0.2) is 0 Å². The molecule has 0 aliphatic heterocycles. The minimum absolute atomic E-state index is 0. The fourth-order valence-electron chi connectivity index (χ4n) is 7.40. The van der Waals surface area contributed by atoms with Crippen molar-refractivity contribution >= 4 is 65.4 Å². The second-order valence-corrected chi connectivity index (χ2v) is 19.6. The van der Waals surface area contributed by atoms with Gasteiger partial charge in [-0.05, 0) is 38.5 Å². The van der Waals surface area contributed by atoms with Crippen LogP contribution in [-0.2, 0) is 28.8 Å². The van der Waals surface area contributed by atoms with Crippen LogP contribution in [0.5, 0.6) is 0 Å². The number of rotatable bonds is 48. The third-order valence-corrected chi connectivity index (χ3v) is 12.0. The van der Waals surface area contributed by atoms with Crippen molar-refractivity contribution in [1.29, 1.82) is 0 Å². The maximum absolute atomic E-state index is 10.1. The fourth-order valence-corrected chi connectivity index (χ4v) is 7.40. The van der Waals surface area contributed by atoms with E-state index >= 15 is 0 Å². The Bertz CT molecular complexity index is 887. The Morgan fingerprint density at radius 3 is 0.342 bits per heavy atom. The van der Waals surface area contributed by atoms with Crippen molar-refractivity contribution in [2.24, 2.45) is 0 Å². The van der Waals surface area contributed by atoms with Crippen LogP contribution < -0.4 is 0 Å². The predicted octanol–water partition coefficient (Wildman–Crippen LogP) is 18.6. The van der Waals surface area contributed by atoms with Crippen molar-refractivity contribution in [2.45, 2.75) is 350 Å². The van der Waals surface area contributed by atoms with Crippen molar-refractivity contribution in [1.82, 2.24) is 0 Å². The average molecular weight is 1060 g/mol. The van der Waals surface area contributed by atoms with Crippen LogP contribution in [0.2, 0.25) is 0 Å². The SMILES string of the molecule is CCCCCCCCCC(=O)O.CCCCCCCCCC(=O)O.CCCCCCCCCC(=O)O.CCCCCCCCCC(=O)O.CCCCCCCCCC(=O)O.CCCCCCCCCC(=O)O.[NaH]. The van der Waals surface area contributed by atoms with Gasteiger partial charge in [0, 0.05) is 38.5 Å². The van der Waals surface area contributed by atoms with Gasteiger partial charge in [-0.3, -0.25) is 28.8 Å². The zero-order valence-corrected chi connectivity index (χ0v) is 48.1. The zero-order valence-electron chi connectivity index (χ0n) is 48.1. The summed E-state index contributed by atoms with van der Waals surface area (Å²) >= 11 is 0. The van der Waals surface area contributed by atoms with Gasteiger partial charge in [0.2, 0.25) is 0 Å². The molecule has 0 aromatic carbocycles.